The van der Waals surface area contributed by atoms with Gasteiger partial charge in [-0.3, -0.25) is 0 Å². The fourth-order valence-electron chi connectivity index (χ4n) is 2.48. The molecule has 0 bridgehead atoms. The topological polar surface area (TPSA) is 21.3 Å². The molecule has 0 amide bonds. The van der Waals surface area contributed by atoms with E-state index in [1.54, 1.807) is 0 Å². The number of nitrogens with one attached hydrogen (secondary N) is 1. The van der Waals surface area contributed by atoms with Crippen LogP contribution in [0.2, 0.25) is 0 Å². The van der Waals surface area contributed by atoms with Crippen LogP contribution < -0.4 is 10.1 Å². The van der Waals surface area contributed by atoms with Gasteiger partial charge in [0.2, 0.25) is 0 Å². The Morgan fingerprint density at radius 3 is 2.58 bits per heavy atom. The van der Waals surface area contributed by atoms with Gasteiger partial charge in [-0.15, -0.1) is 0 Å². The van der Waals surface area contributed by atoms with E-state index in [2.05, 4.69) is 36.5 Å². The average molecular weight is 259 g/mol. The Morgan fingerprint density at radius 2 is 1.95 bits per heavy atom. The highest BCUT2D eigenvalue weighted by atomic mass is 16.5. The fourth-order valence-corrected chi connectivity index (χ4v) is 2.48. The third kappa shape index (κ3) is 4.71. The van der Waals surface area contributed by atoms with Crippen molar-refractivity contribution < 1.29 is 4.74 Å². The normalized spacial score (nSPS) is 24.0. The molecular weight excluding hydrogens is 234 g/mol. The lowest BCUT2D eigenvalue weighted by atomic mass is 9.99. The highest BCUT2D eigenvalue weighted by Crippen LogP contribution is 2.17. The first-order valence-corrected chi connectivity index (χ1v) is 7.34. The summed E-state index contributed by atoms with van der Waals surface area (Å²) in [6, 6.07) is 9.47. The van der Waals surface area contributed by atoms with Gasteiger partial charge in [-0.25, -0.2) is 0 Å². The lowest BCUT2D eigenvalue weighted by Gasteiger charge is -2.26. The van der Waals surface area contributed by atoms with Crippen molar-refractivity contribution in [1.82, 2.24) is 5.32 Å². The maximum atomic E-state index is 5.64. The third-order valence-corrected chi connectivity index (χ3v) is 3.42. The van der Waals surface area contributed by atoms with Gasteiger partial charge in [-0.2, -0.15) is 0 Å². The van der Waals surface area contributed by atoms with Gasteiger partial charge >= 0.3 is 0 Å². The van der Waals surface area contributed by atoms with Crippen molar-refractivity contribution in [2.24, 2.45) is 0 Å². The Labute approximate surface area is 116 Å². The van der Waals surface area contributed by atoms with Gasteiger partial charge in [0.15, 0.2) is 0 Å². The van der Waals surface area contributed by atoms with Gasteiger partial charge in [-0.05, 0) is 51.3 Å². The minimum atomic E-state index is 0.231. The first kappa shape index (κ1) is 14.1. The summed E-state index contributed by atoms with van der Waals surface area (Å²) in [5.41, 5.74) is 1.23. The van der Waals surface area contributed by atoms with Gasteiger partial charge in [-0.1, -0.05) is 30.7 Å². The highest BCUT2D eigenvalue weighted by Gasteiger charge is 2.14. The van der Waals surface area contributed by atoms with Crippen LogP contribution in [0.25, 0.3) is 6.08 Å². The molecule has 2 rings (SSSR count). The lowest BCUT2D eigenvalue weighted by Crippen LogP contribution is -2.39. The van der Waals surface area contributed by atoms with E-state index in [1.807, 2.05) is 26.0 Å². The summed E-state index contributed by atoms with van der Waals surface area (Å²) in [6.45, 7) is 6.35. The number of piperidine rings is 1. The second-order valence-electron chi connectivity index (χ2n) is 5.70. The molecule has 1 saturated heterocycles. The summed E-state index contributed by atoms with van der Waals surface area (Å²) in [7, 11) is 0. The van der Waals surface area contributed by atoms with Crippen molar-refractivity contribution in [3.05, 3.63) is 35.9 Å². The molecule has 19 heavy (non-hydrogen) atoms. The lowest BCUT2D eigenvalue weighted by molar-refractivity contribution is 0.242. The van der Waals surface area contributed by atoms with E-state index < -0.39 is 0 Å². The molecule has 0 aromatic heterocycles. The Morgan fingerprint density at radius 1 is 1.21 bits per heavy atom. The minimum Gasteiger partial charge on any atom is -0.491 e. The van der Waals surface area contributed by atoms with E-state index in [4.69, 9.17) is 4.74 Å². The van der Waals surface area contributed by atoms with Crippen LogP contribution in [0, 0.1) is 0 Å². The van der Waals surface area contributed by atoms with Gasteiger partial charge in [0, 0.05) is 12.1 Å². The van der Waals surface area contributed by atoms with Gasteiger partial charge in [0.1, 0.15) is 5.75 Å². The van der Waals surface area contributed by atoms with Crippen LogP contribution in [-0.4, -0.2) is 18.2 Å². The number of benzene rings is 1. The van der Waals surface area contributed by atoms with Crippen molar-refractivity contribution in [2.45, 2.75) is 58.2 Å². The van der Waals surface area contributed by atoms with Crippen molar-refractivity contribution in [2.75, 3.05) is 0 Å². The molecule has 0 aliphatic carbocycles. The zero-order valence-corrected chi connectivity index (χ0v) is 12.2. The quantitative estimate of drug-likeness (QED) is 0.882. The molecule has 0 spiro atoms. The van der Waals surface area contributed by atoms with E-state index in [0.717, 1.165) is 5.75 Å². The van der Waals surface area contributed by atoms with Crippen molar-refractivity contribution >= 4 is 6.08 Å². The monoisotopic (exact) mass is 259 g/mol. The van der Waals surface area contributed by atoms with Crippen LogP contribution in [-0.2, 0) is 0 Å². The smallest absolute Gasteiger partial charge is 0.119 e. The molecule has 0 radical (unpaired) electrons. The molecular formula is C17H25NO. The molecule has 2 unspecified atom stereocenters. The van der Waals surface area contributed by atoms with Crippen LogP contribution in [0.1, 0.15) is 45.6 Å². The molecule has 1 aliphatic rings. The first-order valence-electron chi connectivity index (χ1n) is 7.34. The summed E-state index contributed by atoms with van der Waals surface area (Å²) in [5.74, 6) is 0.941. The van der Waals surface area contributed by atoms with E-state index in [-0.39, 0.29) is 6.10 Å². The molecule has 2 nitrogen and oxygen atoms in total. The summed E-state index contributed by atoms with van der Waals surface area (Å²) in [4.78, 5) is 0. The third-order valence-electron chi connectivity index (χ3n) is 3.42. The zero-order valence-electron chi connectivity index (χ0n) is 12.2. The molecule has 1 fully saturated rings. The molecule has 1 heterocycles. The first-order chi connectivity index (χ1) is 9.13. The van der Waals surface area contributed by atoms with E-state index in [9.17, 15) is 0 Å². The van der Waals surface area contributed by atoms with Crippen LogP contribution in [0.3, 0.4) is 0 Å². The summed E-state index contributed by atoms with van der Waals surface area (Å²) >= 11 is 0. The maximum absolute atomic E-state index is 5.64. The van der Waals surface area contributed by atoms with Gasteiger partial charge in [0.05, 0.1) is 6.10 Å². The van der Waals surface area contributed by atoms with Crippen molar-refractivity contribution in [1.29, 1.82) is 0 Å². The van der Waals surface area contributed by atoms with Crippen LogP contribution in [0.5, 0.6) is 5.75 Å². The average Bonchev–Trinajstić information content (AvgIpc) is 2.37. The predicted molar refractivity (Wildman–Crippen MR) is 81.5 cm³/mol. The van der Waals surface area contributed by atoms with Crippen molar-refractivity contribution in [3.63, 3.8) is 0 Å². The Balaban J connectivity index is 1.91. The van der Waals surface area contributed by atoms with Gasteiger partial charge in [0.25, 0.3) is 0 Å². The Hall–Kier alpha value is -1.28. The SMILES string of the molecule is CC1CCCC(/C=C/c2ccc(OC(C)C)cc2)N1. The van der Waals surface area contributed by atoms with Gasteiger partial charge < -0.3 is 10.1 Å². The Kier molecular flexibility index (Phi) is 5.03. The molecule has 1 aromatic rings. The molecule has 2 heteroatoms. The van der Waals surface area contributed by atoms with Crippen LogP contribution >= 0.6 is 0 Å². The summed E-state index contributed by atoms with van der Waals surface area (Å²) in [6.07, 6.45) is 8.59. The number of rotatable bonds is 4. The highest BCUT2D eigenvalue weighted by molar-refractivity contribution is 5.51. The fraction of sp³-hybridized carbons (Fsp3) is 0.529. The second-order valence-corrected chi connectivity index (χ2v) is 5.70. The van der Waals surface area contributed by atoms with Crippen LogP contribution in [0.15, 0.2) is 30.3 Å². The number of hydrogen-bond acceptors (Lipinski definition) is 2. The largest absolute Gasteiger partial charge is 0.491 e. The van der Waals surface area contributed by atoms with E-state index in [1.165, 1.54) is 24.8 Å². The molecule has 2 atom stereocenters. The zero-order chi connectivity index (χ0) is 13.7. The standard InChI is InChI=1S/C17H25NO/c1-13(2)19-17-11-8-15(9-12-17)7-10-16-6-4-5-14(3)18-16/h7-14,16,18H,4-6H2,1-3H3/b10-7+. The second kappa shape index (κ2) is 6.76. The number of ether oxygens (including phenoxy) is 1. The minimum absolute atomic E-state index is 0.231. The van der Waals surface area contributed by atoms with E-state index in [0.29, 0.717) is 12.1 Å². The van der Waals surface area contributed by atoms with Crippen LogP contribution in [0.4, 0.5) is 0 Å². The van der Waals surface area contributed by atoms with Crippen molar-refractivity contribution in [3.8, 4) is 5.75 Å². The maximum Gasteiger partial charge on any atom is 0.119 e. The molecule has 1 N–H and O–H groups in total. The Bertz CT molecular complexity index is 408. The molecule has 1 aromatic carbocycles. The summed E-state index contributed by atoms with van der Waals surface area (Å²) in [5, 5.41) is 3.61. The molecule has 0 saturated carbocycles. The number of hydrogen-bond donors (Lipinski definition) is 1. The van der Waals surface area contributed by atoms with E-state index >= 15 is 0 Å². The summed E-state index contributed by atoms with van der Waals surface area (Å²) < 4.78 is 5.64. The molecule has 104 valence electrons. The predicted octanol–water partition coefficient (Wildman–Crippen LogP) is 4.02. The molecule has 1 aliphatic heterocycles.